The highest BCUT2D eigenvalue weighted by Crippen LogP contribution is 1.91. The fraction of sp³-hybridized carbons (Fsp3) is 0.143. The molecule has 1 aromatic rings. The minimum atomic E-state index is 0.392. The summed E-state index contributed by atoms with van der Waals surface area (Å²) < 4.78 is 0. The molecule has 1 rings (SSSR count). The standard InChI is InChI=1S/C7H7N3/c1-2-7-9-4-3-6(5-8)10-7/h1,3-4H,5,8H2. The summed E-state index contributed by atoms with van der Waals surface area (Å²) in [6.07, 6.45) is 6.66. The maximum Gasteiger partial charge on any atom is 0.204 e. The summed E-state index contributed by atoms with van der Waals surface area (Å²) in [5.74, 6) is 2.72. The smallest absolute Gasteiger partial charge is 0.204 e. The Kier molecular flexibility index (Phi) is 1.98. The van der Waals surface area contributed by atoms with Crippen LogP contribution in [0.2, 0.25) is 0 Å². The number of hydrogen-bond acceptors (Lipinski definition) is 3. The SMILES string of the molecule is C#Cc1nccc(CN)n1. The number of rotatable bonds is 1. The molecule has 0 aliphatic rings. The highest BCUT2D eigenvalue weighted by atomic mass is 14.9. The van der Waals surface area contributed by atoms with Crippen LogP contribution in [0, 0.1) is 12.3 Å². The van der Waals surface area contributed by atoms with Gasteiger partial charge in [-0.15, -0.1) is 6.42 Å². The molecule has 1 aromatic heterocycles. The summed E-state index contributed by atoms with van der Waals surface area (Å²) in [6.45, 7) is 0.400. The monoisotopic (exact) mass is 133 g/mol. The lowest BCUT2D eigenvalue weighted by Gasteiger charge is -1.93. The van der Waals surface area contributed by atoms with Gasteiger partial charge in [-0.25, -0.2) is 9.97 Å². The van der Waals surface area contributed by atoms with Crippen molar-refractivity contribution in [3.8, 4) is 12.3 Å². The van der Waals surface area contributed by atoms with E-state index in [-0.39, 0.29) is 0 Å². The van der Waals surface area contributed by atoms with Crippen molar-refractivity contribution < 1.29 is 0 Å². The zero-order valence-electron chi connectivity index (χ0n) is 5.41. The zero-order valence-corrected chi connectivity index (χ0v) is 5.41. The first kappa shape index (κ1) is 6.72. The Hall–Kier alpha value is -1.40. The van der Waals surface area contributed by atoms with Crippen LogP contribution in [0.5, 0.6) is 0 Å². The van der Waals surface area contributed by atoms with Gasteiger partial charge in [0, 0.05) is 12.7 Å². The molecule has 0 bridgehead atoms. The van der Waals surface area contributed by atoms with Crippen LogP contribution >= 0.6 is 0 Å². The third-order valence-corrected chi connectivity index (χ3v) is 1.05. The minimum absolute atomic E-state index is 0.392. The third-order valence-electron chi connectivity index (χ3n) is 1.05. The summed E-state index contributed by atoms with van der Waals surface area (Å²) >= 11 is 0. The summed E-state index contributed by atoms with van der Waals surface area (Å²) in [5, 5.41) is 0. The lowest BCUT2D eigenvalue weighted by molar-refractivity contribution is 0.952. The first-order valence-corrected chi connectivity index (χ1v) is 2.85. The molecule has 0 aliphatic carbocycles. The predicted molar refractivity (Wildman–Crippen MR) is 37.9 cm³/mol. The van der Waals surface area contributed by atoms with E-state index >= 15 is 0 Å². The van der Waals surface area contributed by atoms with Crippen LogP contribution < -0.4 is 5.73 Å². The van der Waals surface area contributed by atoms with Gasteiger partial charge in [0.1, 0.15) is 0 Å². The van der Waals surface area contributed by atoms with Crippen LogP contribution in [0.15, 0.2) is 12.3 Å². The molecule has 0 spiro atoms. The number of nitrogens with zero attached hydrogens (tertiary/aromatic N) is 2. The molecule has 0 radical (unpaired) electrons. The molecule has 0 aliphatic heterocycles. The quantitative estimate of drug-likeness (QED) is 0.545. The molecule has 3 nitrogen and oxygen atoms in total. The van der Waals surface area contributed by atoms with Gasteiger partial charge in [0.2, 0.25) is 5.82 Å². The molecular formula is C7H7N3. The Morgan fingerprint density at radius 3 is 3.10 bits per heavy atom. The third kappa shape index (κ3) is 1.30. The molecule has 0 aromatic carbocycles. The molecule has 0 fully saturated rings. The molecular weight excluding hydrogens is 126 g/mol. The van der Waals surface area contributed by atoms with Crippen LogP contribution in [0.25, 0.3) is 0 Å². The summed E-state index contributed by atoms with van der Waals surface area (Å²) in [5.41, 5.74) is 6.08. The van der Waals surface area contributed by atoms with Crippen molar-refractivity contribution in [2.75, 3.05) is 0 Å². The second kappa shape index (κ2) is 2.95. The number of terminal acetylenes is 1. The van der Waals surface area contributed by atoms with Crippen molar-refractivity contribution in [1.29, 1.82) is 0 Å². The van der Waals surface area contributed by atoms with Crippen molar-refractivity contribution in [3.05, 3.63) is 23.8 Å². The molecule has 0 amide bonds. The predicted octanol–water partition coefficient (Wildman–Crippen LogP) is -0.0834. The second-order valence-corrected chi connectivity index (χ2v) is 1.72. The number of aromatic nitrogens is 2. The number of hydrogen-bond donors (Lipinski definition) is 1. The van der Waals surface area contributed by atoms with Gasteiger partial charge in [-0.1, -0.05) is 0 Å². The number of nitrogens with two attached hydrogens (primary N) is 1. The van der Waals surface area contributed by atoms with Crippen LogP contribution in [0.4, 0.5) is 0 Å². The Labute approximate surface area is 59.3 Å². The van der Waals surface area contributed by atoms with E-state index in [0.717, 1.165) is 5.69 Å². The Morgan fingerprint density at radius 1 is 1.70 bits per heavy atom. The van der Waals surface area contributed by atoms with Gasteiger partial charge in [0.25, 0.3) is 0 Å². The highest BCUT2D eigenvalue weighted by Gasteiger charge is 1.91. The van der Waals surface area contributed by atoms with Gasteiger partial charge >= 0.3 is 0 Å². The van der Waals surface area contributed by atoms with Crippen LogP contribution in [0.1, 0.15) is 11.5 Å². The van der Waals surface area contributed by atoms with Crippen molar-refractivity contribution in [2.45, 2.75) is 6.54 Å². The molecule has 0 atom stereocenters. The van der Waals surface area contributed by atoms with E-state index < -0.39 is 0 Å². The maximum atomic E-state index is 5.31. The molecule has 3 heteroatoms. The van der Waals surface area contributed by atoms with Crippen LogP contribution in [-0.2, 0) is 6.54 Å². The molecule has 50 valence electrons. The van der Waals surface area contributed by atoms with Crippen LogP contribution in [0.3, 0.4) is 0 Å². The average Bonchev–Trinajstić information content (AvgIpc) is 2.05. The topological polar surface area (TPSA) is 51.8 Å². The van der Waals surface area contributed by atoms with E-state index in [9.17, 15) is 0 Å². The van der Waals surface area contributed by atoms with E-state index in [1.165, 1.54) is 0 Å². The first-order valence-electron chi connectivity index (χ1n) is 2.85. The molecule has 10 heavy (non-hydrogen) atoms. The van der Waals surface area contributed by atoms with Gasteiger partial charge in [-0.2, -0.15) is 0 Å². The van der Waals surface area contributed by atoms with E-state index in [4.69, 9.17) is 12.2 Å². The van der Waals surface area contributed by atoms with E-state index in [1.54, 1.807) is 12.3 Å². The van der Waals surface area contributed by atoms with Crippen molar-refractivity contribution in [3.63, 3.8) is 0 Å². The first-order chi connectivity index (χ1) is 4.86. The van der Waals surface area contributed by atoms with Crippen LogP contribution in [-0.4, -0.2) is 9.97 Å². The lowest BCUT2D eigenvalue weighted by Crippen LogP contribution is -2.01. The lowest BCUT2D eigenvalue weighted by atomic mass is 10.4. The van der Waals surface area contributed by atoms with Gasteiger partial charge < -0.3 is 5.73 Å². The minimum Gasteiger partial charge on any atom is -0.325 e. The zero-order chi connectivity index (χ0) is 7.40. The molecule has 0 saturated heterocycles. The molecule has 0 saturated carbocycles. The maximum absolute atomic E-state index is 5.31. The summed E-state index contributed by atoms with van der Waals surface area (Å²) in [7, 11) is 0. The van der Waals surface area contributed by atoms with E-state index in [0.29, 0.717) is 12.4 Å². The van der Waals surface area contributed by atoms with Crippen molar-refractivity contribution in [1.82, 2.24) is 9.97 Å². The van der Waals surface area contributed by atoms with Crippen molar-refractivity contribution in [2.24, 2.45) is 5.73 Å². The van der Waals surface area contributed by atoms with Gasteiger partial charge in [0.05, 0.1) is 5.69 Å². The largest absolute Gasteiger partial charge is 0.325 e. The fourth-order valence-corrected chi connectivity index (χ4v) is 0.579. The van der Waals surface area contributed by atoms with Gasteiger partial charge in [-0.05, 0) is 12.0 Å². The Bertz CT molecular complexity index is 262. The second-order valence-electron chi connectivity index (χ2n) is 1.72. The average molecular weight is 133 g/mol. The summed E-state index contributed by atoms with van der Waals surface area (Å²) in [4.78, 5) is 7.74. The van der Waals surface area contributed by atoms with Gasteiger partial charge in [0.15, 0.2) is 0 Å². The normalized spacial score (nSPS) is 8.80. The molecule has 2 N–H and O–H groups in total. The highest BCUT2D eigenvalue weighted by molar-refractivity contribution is 5.16. The molecule has 1 heterocycles. The van der Waals surface area contributed by atoms with E-state index in [1.807, 2.05) is 0 Å². The fourth-order valence-electron chi connectivity index (χ4n) is 0.579. The van der Waals surface area contributed by atoms with E-state index in [2.05, 4.69) is 15.9 Å². The molecule has 0 unspecified atom stereocenters. The van der Waals surface area contributed by atoms with Gasteiger partial charge in [-0.3, -0.25) is 0 Å². The Morgan fingerprint density at radius 2 is 2.50 bits per heavy atom. The summed E-state index contributed by atoms with van der Waals surface area (Å²) in [6, 6.07) is 1.74. The Balaban J connectivity index is 3.01. The van der Waals surface area contributed by atoms with Crippen molar-refractivity contribution >= 4 is 0 Å².